The molecule has 35 heavy (non-hydrogen) atoms. The Hall–Kier alpha value is -3.91. The number of hydrogen-bond donors (Lipinski definition) is 1. The van der Waals surface area contributed by atoms with Gasteiger partial charge in [-0.2, -0.15) is 0 Å². The highest BCUT2D eigenvalue weighted by Gasteiger charge is 2.24. The molecule has 0 bridgehead atoms. The molecule has 8 nitrogen and oxygen atoms in total. The molecule has 180 valence electrons. The molecule has 4 aromatic rings. The third-order valence-corrected chi connectivity index (χ3v) is 6.37. The fourth-order valence-corrected chi connectivity index (χ4v) is 4.44. The summed E-state index contributed by atoms with van der Waals surface area (Å²) in [7, 11) is 1.68. The molecule has 0 aliphatic carbocycles. The van der Waals surface area contributed by atoms with Gasteiger partial charge in [0.2, 0.25) is 0 Å². The van der Waals surface area contributed by atoms with E-state index in [4.69, 9.17) is 19.1 Å². The SMILES string of the molecule is COc1ccccc1CNc1nc(CN2CCN(C(=O)c3ccco3)CC2)nc2c(C)cccc12. The monoisotopic (exact) mass is 471 g/mol. The number of nitrogens with zero attached hydrogens (tertiary/aromatic N) is 4. The number of nitrogens with one attached hydrogen (secondary N) is 1. The molecule has 2 aromatic carbocycles. The van der Waals surface area contributed by atoms with E-state index >= 15 is 0 Å². The van der Waals surface area contributed by atoms with Crippen LogP contribution in [0, 0.1) is 6.92 Å². The molecule has 8 heteroatoms. The van der Waals surface area contributed by atoms with Crippen LogP contribution in [0.25, 0.3) is 10.9 Å². The van der Waals surface area contributed by atoms with Crippen molar-refractivity contribution in [2.24, 2.45) is 0 Å². The molecule has 0 unspecified atom stereocenters. The molecule has 1 aliphatic heterocycles. The molecule has 1 aliphatic rings. The van der Waals surface area contributed by atoms with Crippen molar-refractivity contribution in [1.82, 2.24) is 19.8 Å². The van der Waals surface area contributed by atoms with Crippen molar-refractivity contribution in [1.29, 1.82) is 0 Å². The number of furan rings is 1. The maximum Gasteiger partial charge on any atom is 0.289 e. The molecule has 2 aromatic heterocycles. The number of aryl methyl sites for hydroxylation is 1. The summed E-state index contributed by atoms with van der Waals surface area (Å²) < 4.78 is 10.8. The fraction of sp³-hybridized carbons (Fsp3) is 0.296. The molecule has 1 saturated heterocycles. The number of aromatic nitrogens is 2. The molecular weight excluding hydrogens is 442 g/mol. The predicted molar refractivity (Wildman–Crippen MR) is 134 cm³/mol. The van der Waals surface area contributed by atoms with Crippen LogP contribution >= 0.6 is 0 Å². The van der Waals surface area contributed by atoms with Crippen LogP contribution in [0.2, 0.25) is 0 Å². The molecule has 0 spiro atoms. The lowest BCUT2D eigenvalue weighted by Gasteiger charge is -2.33. The Morgan fingerprint density at radius 1 is 1.03 bits per heavy atom. The third kappa shape index (κ3) is 4.97. The Bertz CT molecular complexity index is 1310. The molecule has 1 amide bonds. The van der Waals surface area contributed by atoms with Gasteiger partial charge in [0.05, 0.1) is 25.4 Å². The maximum absolute atomic E-state index is 12.6. The number of ether oxygens (including phenoxy) is 1. The second-order valence-electron chi connectivity index (χ2n) is 8.67. The molecule has 0 radical (unpaired) electrons. The summed E-state index contributed by atoms with van der Waals surface area (Å²) in [6.45, 7) is 6.09. The second kappa shape index (κ2) is 10.1. The van der Waals surface area contributed by atoms with E-state index in [0.29, 0.717) is 31.9 Å². The Morgan fingerprint density at radius 2 is 1.86 bits per heavy atom. The van der Waals surface area contributed by atoms with Crippen molar-refractivity contribution in [3.63, 3.8) is 0 Å². The summed E-state index contributed by atoms with van der Waals surface area (Å²) in [6, 6.07) is 17.6. The van der Waals surface area contributed by atoms with E-state index in [2.05, 4.69) is 29.3 Å². The zero-order valence-corrected chi connectivity index (χ0v) is 20.0. The average Bonchev–Trinajstić information content (AvgIpc) is 3.43. The van der Waals surface area contributed by atoms with Gasteiger partial charge in [-0.1, -0.05) is 30.3 Å². The predicted octanol–water partition coefficient (Wildman–Crippen LogP) is 4.11. The first-order valence-corrected chi connectivity index (χ1v) is 11.8. The van der Waals surface area contributed by atoms with E-state index in [9.17, 15) is 4.79 Å². The van der Waals surface area contributed by atoms with Gasteiger partial charge in [0.1, 0.15) is 17.4 Å². The zero-order valence-electron chi connectivity index (χ0n) is 20.0. The van der Waals surface area contributed by atoms with E-state index in [1.165, 1.54) is 6.26 Å². The lowest BCUT2D eigenvalue weighted by atomic mass is 10.1. The van der Waals surface area contributed by atoms with Gasteiger partial charge in [0.25, 0.3) is 5.91 Å². The zero-order chi connectivity index (χ0) is 24.2. The number of piperazine rings is 1. The molecule has 3 heterocycles. The van der Waals surface area contributed by atoms with E-state index in [0.717, 1.165) is 52.5 Å². The maximum atomic E-state index is 12.6. The Balaban J connectivity index is 1.32. The molecule has 0 atom stereocenters. The molecular formula is C27H29N5O3. The van der Waals surface area contributed by atoms with Crippen molar-refractivity contribution in [2.45, 2.75) is 20.0 Å². The van der Waals surface area contributed by atoms with Crippen LogP contribution in [-0.2, 0) is 13.1 Å². The number of carbonyl (C=O) groups is 1. The molecule has 1 N–H and O–H groups in total. The van der Waals surface area contributed by atoms with Gasteiger partial charge in [-0.15, -0.1) is 0 Å². The summed E-state index contributed by atoms with van der Waals surface area (Å²) in [5.74, 6) is 2.75. The number of anilines is 1. The largest absolute Gasteiger partial charge is 0.496 e. The third-order valence-electron chi connectivity index (χ3n) is 6.37. The van der Waals surface area contributed by atoms with E-state index < -0.39 is 0 Å². The number of fused-ring (bicyclic) bond motifs is 1. The number of methoxy groups -OCH3 is 1. The minimum Gasteiger partial charge on any atom is -0.496 e. The van der Waals surface area contributed by atoms with Crippen LogP contribution in [-0.4, -0.2) is 59.0 Å². The van der Waals surface area contributed by atoms with E-state index in [1.807, 2.05) is 35.2 Å². The Morgan fingerprint density at radius 3 is 2.63 bits per heavy atom. The summed E-state index contributed by atoms with van der Waals surface area (Å²) in [5, 5.41) is 4.51. The van der Waals surface area contributed by atoms with Gasteiger partial charge in [-0.3, -0.25) is 9.69 Å². The van der Waals surface area contributed by atoms with E-state index in [1.54, 1.807) is 19.2 Å². The minimum atomic E-state index is -0.0601. The first-order valence-electron chi connectivity index (χ1n) is 11.8. The van der Waals surface area contributed by atoms with E-state index in [-0.39, 0.29) is 5.91 Å². The van der Waals surface area contributed by atoms with Gasteiger partial charge < -0.3 is 19.4 Å². The average molecular weight is 472 g/mol. The van der Waals surface area contributed by atoms with Crippen LogP contribution in [0.15, 0.2) is 65.3 Å². The Labute approximate surface area is 204 Å². The van der Waals surface area contributed by atoms with Crippen molar-refractivity contribution in [3.8, 4) is 5.75 Å². The molecule has 0 saturated carbocycles. The number of rotatable bonds is 7. The van der Waals surface area contributed by atoms with Crippen LogP contribution in [0.5, 0.6) is 5.75 Å². The van der Waals surface area contributed by atoms with Gasteiger partial charge in [0.15, 0.2) is 5.76 Å². The Kier molecular flexibility index (Phi) is 6.63. The smallest absolute Gasteiger partial charge is 0.289 e. The first-order chi connectivity index (χ1) is 17.1. The number of benzene rings is 2. The standard InChI is InChI=1S/C27H29N5O3/c1-19-7-5-9-21-25(19)29-24(30-26(21)28-17-20-8-3-4-10-22(20)34-2)18-31-12-14-32(15-13-31)27(33)23-11-6-16-35-23/h3-11,16H,12-15,17-18H2,1-2H3,(H,28,29,30). The van der Waals surface area contributed by atoms with Crippen molar-refractivity contribution in [2.75, 3.05) is 38.6 Å². The normalized spacial score (nSPS) is 14.3. The van der Waals surface area contributed by atoms with Gasteiger partial charge in [0, 0.05) is 43.7 Å². The quantitative estimate of drug-likeness (QED) is 0.434. The lowest BCUT2D eigenvalue weighted by Crippen LogP contribution is -2.48. The lowest BCUT2D eigenvalue weighted by molar-refractivity contribution is 0.0595. The van der Waals surface area contributed by atoms with Gasteiger partial charge >= 0.3 is 0 Å². The van der Waals surface area contributed by atoms with Gasteiger partial charge in [-0.05, 0) is 36.8 Å². The highest BCUT2D eigenvalue weighted by atomic mass is 16.5. The minimum absolute atomic E-state index is 0.0601. The fourth-order valence-electron chi connectivity index (χ4n) is 4.44. The van der Waals surface area contributed by atoms with Crippen molar-refractivity contribution < 1.29 is 13.9 Å². The molecule has 1 fully saturated rings. The van der Waals surface area contributed by atoms with Crippen LogP contribution in [0.4, 0.5) is 5.82 Å². The van der Waals surface area contributed by atoms with Gasteiger partial charge in [-0.25, -0.2) is 9.97 Å². The number of carbonyl (C=O) groups excluding carboxylic acids is 1. The second-order valence-corrected chi connectivity index (χ2v) is 8.67. The van der Waals surface area contributed by atoms with Crippen LogP contribution in [0.3, 0.4) is 0 Å². The highest BCUT2D eigenvalue weighted by molar-refractivity contribution is 5.92. The highest BCUT2D eigenvalue weighted by Crippen LogP contribution is 2.26. The number of para-hydroxylation sites is 2. The van der Waals surface area contributed by atoms with Crippen LogP contribution < -0.4 is 10.1 Å². The first kappa shape index (κ1) is 22.9. The topological polar surface area (TPSA) is 83.7 Å². The summed E-state index contributed by atoms with van der Waals surface area (Å²) >= 11 is 0. The number of amides is 1. The van der Waals surface area contributed by atoms with Crippen LogP contribution in [0.1, 0.15) is 27.5 Å². The number of hydrogen-bond acceptors (Lipinski definition) is 7. The summed E-state index contributed by atoms with van der Waals surface area (Å²) in [5.41, 5.74) is 3.13. The van der Waals surface area contributed by atoms with Crippen molar-refractivity contribution in [3.05, 3.63) is 83.6 Å². The van der Waals surface area contributed by atoms with Crippen molar-refractivity contribution >= 4 is 22.6 Å². The molecule has 5 rings (SSSR count). The summed E-state index contributed by atoms with van der Waals surface area (Å²) in [6.07, 6.45) is 1.53. The summed E-state index contributed by atoms with van der Waals surface area (Å²) in [4.78, 5) is 26.5.